The standard InChI is InChI=1S/C19H20FN5OS/c20-14-5-7-15(8-6-14)25-18-16(11-23-25)19(22-13-21-18)27-12-17(26)24-9-3-1-2-4-10-24/h5-8,11,13H,1-4,9-10,12H2. The Hall–Kier alpha value is -2.48. The smallest absolute Gasteiger partial charge is 0.232 e. The van der Waals surface area contributed by atoms with E-state index in [0.717, 1.165) is 42.0 Å². The zero-order valence-electron chi connectivity index (χ0n) is 14.8. The fourth-order valence-corrected chi connectivity index (χ4v) is 4.11. The number of aromatic nitrogens is 4. The van der Waals surface area contributed by atoms with E-state index in [4.69, 9.17) is 0 Å². The highest BCUT2D eigenvalue weighted by Gasteiger charge is 2.17. The maximum atomic E-state index is 13.2. The van der Waals surface area contributed by atoms with Gasteiger partial charge in [0.05, 0.1) is 23.0 Å². The normalized spacial score (nSPS) is 15.1. The van der Waals surface area contributed by atoms with E-state index in [1.54, 1.807) is 23.0 Å². The van der Waals surface area contributed by atoms with Gasteiger partial charge >= 0.3 is 0 Å². The van der Waals surface area contributed by atoms with Crippen molar-refractivity contribution >= 4 is 28.7 Å². The minimum absolute atomic E-state index is 0.152. The van der Waals surface area contributed by atoms with Crippen LogP contribution in [-0.4, -0.2) is 49.4 Å². The molecule has 0 bridgehead atoms. The van der Waals surface area contributed by atoms with Gasteiger partial charge in [-0.25, -0.2) is 19.0 Å². The molecule has 0 N–H and O–H groups in total. The number of hydrogen-bond acceptors (Lipinski definition) is 5. The molecule has 0 saturated carbocycles. The molecule has 0 unspecified atom stereocenters. The number of rotatable bonds is 4. The first-order chi connectivity index (χ1) is 13.2. The number of benzene rings is 1. The maximum absolute atomic E-state index is 13.2. The van der Waals surface area contributed by atoms with Crippen LogP contribution in [0.25, 0.3) is 16.7 Å². The molecule has 3 aromatic rings. The lowest BCUT2D eigenvalue weighted by atomic mass is 10.2. The molecule has 0 spiro atoms. The summed E-state index contributed by atoms with van der Waals surface area (Å²) in [7, 11) is 0. The third kappa shape index (κ3) is 3.95. The van der Waals surface area contributed by atoms with E-state index in [1.807, 2.05) is 4.90 Å². The Morgan fingerprint density at radius 3 is 2.56 bits per heavy atom. The summed E-state index contributed by atoms with van der Waals surface area (Å²) in [6.45, 7) is 1.70. The average Bonchev–Trinajstić information content (AvgIpc) is 2.94. The van der Waals surface area contributed by atoms with E-state index in [9.17, 15) is 9.18 Å². The summed E-state index contributed by atoms with van der Waals surface area (Å²) in [6, 6.07) is 6.08. The van der Waals surface area contributed by atoms with Crippen molar-refractivity contribution in [1.29, 1.82) is 0 Å². The van der Waals surface area contributed by atoms with Gasteiger partial charge in [0, 0.05) is 13.1 Å². The number of halogens is 1. The highest BCUT2D eigenvalue weighted by Crippen LogP contribution is 2.26. The molecule has 4 rings (SSSR count). The van der Waals surface area contributed by atoms with Gasteiger partial charge in [-0.15, -0.1) is 0 Å². The molecule has 1 amide bonds. The monoisotopic (exact) mass is 385 g/mol. The summed E-state index contributed by atoms with van der Waals surface area (Å²) < 4.78 is 14.8. The molecular weight excluding hydrogens is 365 g/mol. The third-order valence-corrected chi connectivity index (χ3v) is 5.68. The Morgan fingerprint density at radius 2 is 1.81 bits per heavy atom. The summed E-state index contributed by atoms with van der Waals surface area (Å²) in [4.78, 5) is 23.1. The van der Waals surface area contributed by atoms with E-state index >= 15 is 0 Å². The van der Waals surface area contributed by atoms with E-state index in [-0.39, 0.29) is 11.7 Å². The van der Waals surface area contributed by atoms with Crippen LogP contribution >= 0.6 is 11.8 Å². The average molecular weight is 385 g/mol. The lowest BCUT2D eigenvalue weighted by molar-refractivity contribution is -0.128. The molecule has 0 atom stereocenters. The van der Waals surface area contributed by atoms with Gasteiger partial charge in [-0.2, -0.15) is 5.10 Å². The van der Waals surface area contributed by atoms with Gasteiger partial charge in [0.1, 0.15) is 17.2 Å². The molecular formula is C19H20FN5OS. The molecule has 0 radical (unpaired) electrons. The summed E-state index contributed by atoms with van der Waals surface area (Å²) in [5.41, 5.74) is 1.36. The van der Waals surface area contributed by atoms with Gasteiger partial charge in [0.15, 0.2) is 5.65 Å². The maximum Gasteiger partial charge on any atom is 0.232 e. The highest BCUT2D eigenvalue weighted by molar-refractivity contribution is 8.00. The SMILES string of the molecule is O=C(CSc1ncnc2c1cnn2-c1ccc(F)cc1)N1CCCCCC1. The summed E-state index contributed by atoms with van der Waals surface area (Å²) >= 11 is 1.41. The second kappa shape index (κ2) is 8.04. The van der Waals surface area contributed by atoms with Gasteiger partial charge in [0.25, 0.3) is 0 Å². The number of fused-ring (bicyclic) bond motifs is 1. The molecule has 1 aromatic carbocycles. The number of thioether (sulfide) groups is 1. The van der Waals surface area contributed by atoms with Crippen LogP contribution < -0.4 is 0 Å². The number of nitrogens with zero attached hydrogens (tertiary/aromatic N) is 5. The second-order valence-corrected chi connectivity index (χ2v) is 7.50. The quantitative estimate of drug-likeness (QED) is 0.508. The van der Waals surface area contributed by atoms with Crippen molar-refractivity contribution in [3.63, 3.8) is 0 Å². The number of amides is 1. The van der Waals surface area contributed by atoms with E-state index in [1.165, 1.54) is 43.1 Å². The lowest BCUT2D eigenvalue weighted by Crippen LogP contribution is -2.33. The predicted octanol–water partition coefficient (Wildman–Crippen LogP) is 3.45. The Balaban J connectivity index is 1.52. The summed E-state index contributed by atoms with van der Waals surface area (Å²) in [6.07, 6.45) is 7.73. The second-order valence-electron chi connectivity index (χ2n) is 6.53. The molecule has 27 heavy (non-hydrogen) atoms. The zero-order valence-corrected chi connectivity index (χ0v) is 15.7. The van der Waals surface area contributed by atoms with E-state index < -0.39 is 0 Å². The van der Waals surface area contributed by atoms with Crippen LogP contribution in [0.15, 0.2) is 41.8 Å². The minimum Gasteiger partial charge on any atom is -0.342 e. The van der Waals surface area contributed by atoms with Crippen molar-refractivity contribution in [1.82, 2.24) is 24.6 Å². The van der Waals surface area contributed by atoms with Crippen LogP contribution in [0.5, 0.6) is 0 Å². The van der Waals surface area contributed by atoms with Crippen LogP contribution in [0, 0.1) is 5.82 Å². The van der Waals surface area contributed by atoms with Gasteiger partial charge in [-0.05, 0) is 37.1 Å². The summed E-state index contributed by atoms with van der Waals surface area (Å²) in [5, 5.41) is 5.89. The first kappa shape index (κ1) is 17.9. The summed E-state index contributed by atoms with van der Waals surface area (Å²) in [5.74, 6) is 0.209. The molecule has 2 aromatic heterocycles. The van der Waals surface area contributed by atoms with Gasteiger partial charge < -0.3 is 4.90 Å². The zero-order chi connectivity index (χ0) is 18.6. The first-order valence-electron chi connectivity index (χ1n) is 9.07. The van der Waals surface area contributed by atoms with E-state index in [2.05, 4.69) is 15.1 Å². The Labute approximate surface area is 160 Å². The Kier molecular flexibility index (Phi) is 5.33. The molecule has 1 aliphatic rings. The molecule has 8 heteroatoms. The van der Waals surface area contributed by atoms with Crippen molar-refractivity contribution in [3.8, 4) is 5.69 Å². The molecule has 3 heterocycles. The van der Waals surface area contributed by atoms with Crippen LogP contribution in [-0.2, 0) is 4.79 Å². The number of likely N-dealkylation sites (tertiary alicyclic amines) is 1. The molecule has 6 nitrogen and oxygen atoms in total. The Morgan fingerprint density at radius 1 is 1.07 bits per heavy atom. The van der Waals surface area contributed by atoms with Crippen molar-refractivity contribution in [2.75, 3.05) is 18.8 Å². The first-order valence-corrected chi connectivity index (χ1v) is 10.1. The fraction of sp³-hybridized carbons (Fsp3) is 0.368. The van der Waals surface area contributed by atoms with Crippen LogP contribution in [0.2, 0.25) is 0 Å². The molecule has 140 valence electrons. The topological polar surface area (TPSA) is 63.9 Å². The van der Waals surface area contributed by atoms with Crippen molar-refractivity contribution in [2.45, 2.75) is 30.7 Å². The number of hydrogen-bond donors (Lipinski definition) is 0. The molecule has 0 aliphatic carbocycles. The number of carbonyl (C=O) groups excluding carboxylic acids is 1. The largest absolute Gasteiger partial charge is 0.342 e. The van der Waals surface area contributed by atoms with Crippen LogP contribution in [0.1, 0.15) is 25.7 Å². The van der Waals surface area contributed by atoms with Crippen LogP contribution in [0.3, 0.4) is 0 Å². The Bertz CT molecular complexity index is 935. The molecule has 1 saturated heterocycles. The van der Waals surface area contributed by atoms with Crippen molar-refractivity contribution in [3.05, 3.63) is 42.6 Å². The van der Waals surface area contributed by atoms with Gasteiger partial charge in [0.2, 0.25) is 5.91 Å². The van der Waals surface area contributed by atoms with Crippen molar-refractivity contribution < 1.29 is 9.18 Å². The number of carbonyl (C=O) groups is 1. The third-order valence-electron chi connectivity index (χ3n) is 4.69. The van der Waals surface area contributed by atoms with Gasteiger partial charge in [-0.3, -0.25) is 4.79 Å². The van der Waals surface area contributed by atoms with E-state index in [0.29, 0.717) is 11.4 Å². The highest BCUT2D eigenvalue weighted by atomic mass is 32.2. The van der Waals surface area contributed by atoms with Gasteiger partial charge in [-0.1, -0.05) is 24.6 Å². The fourth-order valence-electron chi connectivity index (χ4n) is 3.25. The van der Waals surface area contributed by atoms with Crippen LogP contribution in [0.4, 0.5) is 4.39 Å². The molecule has 1 fully saturated rings. The van der Waals surface area contributed by atoms with Crippen molar-refractivity contribution in [2.24, 2.45) is 0 Å². The predicted molar refractivity (Wildman–Crippen MR) is 102 cm³/mol. The minimum atomic E-state index is -0.298. The molecule has 1 aliphatic heterocycles. The lowest BCUT2D eigenvalue weighted by Gasteiger charge is -2.19.